The highest BCUT2D eigenvalue weighted by Crippen LogP contribution is 2.31. The van der Waals surface area contributed by atoms with E-state index >= 15 is 0 Å². The number of halogens is 4. The maximum Gasteiger partial charge on any atom is 0.331 e. The summed E-state index contributed by atoms with van der Waals surface area (Å²) in [6, 6.07) is 4.95. The topological polar surface area (TPSA) is 79.0 Å². The molecule has 0 spiro atoms. The summed E-state index contributed by atoms with van der Waals surface area (Å²) >= 11 is 29.1. The van der Waals surface area contributed by atoms with Gasteiger partial charge in [0, 0.05) is 54.6 Å². The lowest BCUT2D eigenvalue weighted by atomic mass is 9.99. The minimum atomic E-state index is -4.15. The molecule has 4 rings (SSSR count). The first-order valence-electron chi connectivity index (χ1n) is 11.5. The maximum absolute atomic E-state index is 12.7. The molecule has 7 nitrogen and oxygen atoms in total. The Bertz CT molecular complexity index is 1210. The summed E-state index contributed by atoms with van der Waals surface area (Å²) in [6.07, 6.45) is 4.63. The molecule has 1 aliphatic carbocycles. The normalized spacial score (nSPS) is 20.9. The van der Waals surface area contributed by atoms with E-state index in [1.807, 2.05) is 6.07 Å². The van der Waals surface area contributed by atoms with Gasteiger partial charge in [0.25, 0.3) is 10.0 Å². The van der Waals surface area contributed by atoms with Crippen LogP contribution < -0.4 is 9.46 Å². The van der Waals surface area contributed by atoms with Crippen molar-refractivity contribution in [3.8, 4) is 5.75 Å². The molecular formula is C23H25Cl4N3O4S2. The maximum atomic E-state index is 12.7. The van der Waals surface area contributed by atoms with E-state index < -0.39 is 16.1 Å². The summed E-state index contributed by atoms with van der Waals surface area (Å²) in [5.41, 5.74) is 0. The Morgan fingerprint density at radius 3 is 2.31 bits per heavy atom. The number of benzene rings is 1. The molecule has 13 heteroatoms. The molecule has 1 N–H and O–H groups in total. The van der Waals surface area contributed by atoms with Gasteiger partial charge in [0.2, 0.25) is 0 Å². The quantitative estimate of drug-likeness (QED) is 0.431. The van der Waals surface area contributed by atoms with E-state index in [0.717, 1.165) is 38.8 Å². The highest BCUT2D eigenvalue weighted by atomic mass is 35.5. The van der Waals surface area contributed by atoms with Crippen LogP contribution in [0, 0.1) is 0 Å². The van der Waals surface area contributed by atoms with Crippen LogP contribution in [0.25, 0.3) is 0 Å². The largest absolute Gasteiger partial charge is 0.490 e. The summed E-state index contributed by atoms with van der Waals surface area (Å²) in [6.45, 7) is 2.70. The van der Waals surface area contributed by atoms with Gasteiger partial charge >= 0.3 is 6.03 Å². The van der Waals surface area contributed by atoms with Crippen molar-refractivity contribution < 1.29 is 17.9 Å². The lowest BCUT2D eigenvalue weighted by molar-refractivity contribution is 0.0540. The van der Waals surface area contributed by atoms with Gasteiger partial charge in [-0.15, -0.1) is 0 Å². The fourth-order valence-corrected chi connectivity index (χ4v) is 7.03. The molecular weight excluding hydrogens is 588 g/mol. The van der Waals surface area contributed by atoms with E-state index in [2.05, 4.69) is 9.62 Å². The molecule has 0 bridgehead atoms. The number of nitrogens with zero attached hydrogens (tertiary/aromatic N) is 2. The fraction of sp³-hybridized carbons (Fsp3) is 0.478. The highest BCUT2D eigenvalue weighted by Gasteiger charge is 2.33. The molecule has 2 heterocycles. The first kappa shape index (κ1) is 28.0. The Balaban J connectivity index is 1.25. The number of nitrogens with one attached hydrogen (secondary N) is 1. The summed E-state index contributed by atoms with van der Waals surface area (Å²) < 4.78 is 33.7. The lowest BCUT2D eigenvalue weighted by Gasteiger charge is -2.41. The average Bonchev–Trinajstić information content (AvgIpc) is 2.84. The molecule has 0 saturated carbocycles. The van der Waals surface area contributed by atoms with Gasteiger partial charge in [-0.3, -0.25) is 4.90 Å². The van der Waals surface area contributed by atoms with Crippen LogP contribution in [0.2, 0.25) is 10.0 Å². The highest BCUT2D eigenvalue weighted by molar-refractivity contribution is 7.97. The second-order valence-electron chi connectivity index (χ2n) is 8.92. The molecule has 0 atom stereocenters. The SMILES string of the molecule is O=C(NS(=O)(=O)C1=CC(Cl)=C(Cl)CC1=S)N1CCC(N2CCC(Oc3ccc(Cl)c(Cl)c3)CC2)CC1. The second kappa shape index (κ2) is 11.8. The number of rotatable bonds is 5. The molecule has 2 aliphatic heterocycles. The summed E-state index contributed by atoms with van der Waals surface area (Å²) in [5, 5.41) is 1.35. The van der Waals surface area contributed by atoms with Gasteiger partial charge in [-0.25, -0.2) is 17.9 Å². The van der Waals surface area contributed by atoms with Crippen molar-refractivity contribution >= 4 is 79.5 Å². The van der Waals surface area contributed by atoms with Gasteiger partial charge in [0.15, 0.2) is 0 Å². The van der Waals surface area contributed by atoms with E-state index in [1.165, 1.54) is 11.0 Å². The van der Waals surface area contributed by atoms with Crippen LogP contribution in [0.4, 0.5) is 4.79 Å². The zero-order valence-corrected chi connectivity index (χ0v) is 23.8. The Morgan fingerprint density at radius 2 is 1.67 bits per heavy atom. The number of allylic oxidation sites excluding steroid dienone is 4. The Labute approximate surface area is 236 Å². The summed E-state index contributed by atoms with van der Waals surface area (Å²) in [4.78, 5) is 16.6. The minimum Gasteiger partial charge on any atom is -0.490 e. The molecule has 1 aromatic carbocycles. The van der Waals surface area contributed by atoms with Gasteiger partial charge in [0.1, 0.15) is 16.8 Å². The lowest BCUT2D eigenvalue weighted by Crippen LogP contribution is -2.52. The van der Waals surface area contributed by atoms with Gasteiger partial charge in [-0.1, -0.05) is 58.6 Å². The number of amides is 2. The minimum absolute atomic E-state index is 0.0528. The van der Waals surface area contributed by atoms with Crippen molar-refractivity contribution in [2.45, 2.75) is 44.2 Å². The van der Waals surface area contributed by atoms with Crippen LogP contribution in [0.15, 0.2) is 39.2 Å². The van der Waals surface area contributed by atoms with Gasteiger partial charge in [-0.05, 0) is 43.9 Å². The Hall–Kier alpha value is -1.07. The van der Waals surface area contributed by atoms with Crippen molar-refractivity contribution in [2.24, 2.45) is 0 Å². The van der Waals surface area contributed by atoms with Gasteiger partial charge < -0.3 is 9.64 Å². The number of piperidine rings is 2. The van der Waals surface area contributed by atoms with Crippen LogP contribution in [0.1, 0.15) is 32.1 Å². The third-order valence-corrected chi connectivity index (χ3v) is 9.95. The van der Waals surface area contributed by atoms with E-state index in [-0.39, 0.29) is 32.4 Å². The predicted octanol–water partition coefficient (Wildman–Crippen LogP) is 5.69. The van der Waals surface area contributed by atoms with Crippen LogP contribution in [-0.4, -0.2) is 67.4 Å². The van der Waals surface area contributed by atoms with E-state index in [9.17, 15) is 13.2 Å². The molecule has 0 aromatic heterocycles. The number of hydrogen-bond acceptors (Lipinski definition) is 6. The molecule has 2 amide bonds. The van der Waals surface area contributed by atoms with Crippen molar-refractivity contribution in [2.75, 3.05) is 26.2 Å². The summed E-state index contributed by atoms with van der Waals surface area (Å²) in [7, 11) is -4.15. The predicted molar refractivity (Wildman–Crippen MR) is 148 cm³/mol. The fourth-order valence-electron chi connectivity index (χ4n) is 4.58. The number of ether oxygens (including phenoxy) is 1. The van der Waals surface area contributed by atoms with Crippen molar-refractivity contribution in [1.29, 1.82) is 0 Å². The van der Waals surface area contributed by atoms with Crippen LogP contribution in [0.3, 0.4) is 0 Å². The van der Waals surface area contributed by atoms with Crippen molar-refractivity contribution in [3.63, 3.8) is 0 Å². The number of carbonyl (C=O) groups is 1. The third-order valence-electron chi connectivity index (χ3n) is 6.56. The zero-order valence-electron chi connectivity index (χ0n) is 19.2. The molecule has 0 unspecified atom stereocenters. The van der Waals surface area contributed by atoms with Crippen molar-refractivity contribution in [3.05, 3.63) is 49.3 Å². The number of thiocarbonyl (C=S) groups is 1. The number of likely N-dealkylation sites (tertiary alicyclic amines) is 2. The molecule has 196 valence electrons. The zero-order chi connectivity index (χ0) is 26.0. The third kappa shape index (κ3) is 6.67. The van der Waals surface area contributed by atoms with Crippen molar-refractivity contribution in [1.82, 2.24) is 14.5 Å². The number of carbonyl (C=O) groups excluding carboxylic acids is 1. The number of sulfonamides is 1. The van der Waals surface area contributed by atoms with Crippen LogP contribution in [-0.2, 0) is 10.0 Å². The van der Waals surface area contributed by atoms with Gasteiger partial charge in [-0.2, -0.15) is 0 Å². The van der Waals surface area contributed by atoms with Gasteiger partial charge in [0.05, 0.1) is 15.1 Å². The van der Waals surface area contributed by atoms with E-state index in [0.29, 0.717) is 34.9 Å². The standard InChI is InChI=1S/C23H25Cl4N3O4S2/c24-17-2-1-16(11-18(17)25)34-15-5-9-29(10-6-15)14-3-7-30(8-4-14)23(31)28-36(32,33)22-13-20(27)19(26)12-21(22)35/h1-2,11,13-15H,3-10,12H2,(H,28,31). The number of urea groups is 1. The molecule has 2 saturated heterocycles. The monoisotopic (exact) mass is 611 g/mol. The van der Waals surface area contributed by atoms with Crippen LogP contribution >= 0.6 is 58.6 Å². The van der Waals surface area contributed by atoms with E-state index in [4.69, 9.17) is 63.4 Å². The Morgan fingerprint density at radius 1 is 1.00 bits per heavy atom. The molecule has 2 fully saturated rings. The second-order valence-corrected chi connectivity index (χ2v) is 12.7. The van der Waals surface area contributed by atoms with E-state index in [1.54, 1.807) is 12.1 Å². The number of hydrogen-bond donors (Lipinski definition) is 1. The molecule has 1 aromatic rings. The Kier molecular flexibility index (Phi) is 9.13. The molecule has 3 aliphatic rings. The average molecular weight is 613 g/mol. The molecule has 0 radical (unpaired) electrons. The molecule has 36 heavy (non-hydrogen) atoms. The smallest absolute Gasteiger partial charge is 0.331 e. The van der Waals surface area contributed by atoms with Crippen LogP contribution in [0.5, 0.6) is 5.75 Å². The first-order chi connectivity index (χ1) is 17.0. The summed E-state index contributed by atoms with van der Waals surface area (Å²) in [5.74, 6) is 0.711. The first-order valence-corrected chi connectivity index (χ1v) is 14.9.